The van der Waals surface area contributed by atoms with Crippen LogP contribution in [0.5, 0.6) is 0 Å². The van der Waals surface area contributed by atoms with Crippen molar-refractivity contribution in [2.24, 2.45) is 0 Å². The summed E-state index contributed by atoms with van der Waals surface area (Å²) >= 11 is 3.28. The van der Waals surface area contributed by atoms with E-state index in [-0.39, 0.29) is 11.8 Å². The van der Waals surface area contributed by atoms with Crippen LogP contribution in [0.1, 0.15) is 29.6 Å². The molecule has 20 heavy (non-hydrogen) atoms. The highest BCUT2D eigenvalue weighted by atomic mass is 79.9. The Morgan fingerprint density at radius 2 is 2.00 bits per heavy atom. The van der Waals surface area contributed by atoms with Gasteiger partial charge < -0.3 is 16.0 Å². The van der Waals surface area contributed by atoms with Crippen molar-refractivity contribution in [1.29, 1.82) is 0 Å². The van der Waals surface area contributed by atoms with Crippen molar-refractivity contribution in [3.8, 4) is 0 Å². The Bertz CT molecular complexity index is 513. The standard InChI is InChI=1S/C14H18BrN3O2/c15-11-9-10(3-4-12(11)16)14(20)17-6-5-13(19)18-7-1-2-8-18/h3-4,9H,1-2,5-8,16H2,(H,17,20). The van der Waals surface area contributed by atoms with Gasteiger partial charge in [0.2, 0.25) is 5.91 Å². The number of nitrogens with two attached hydrogens (primary N) is 1. The van der Waals surface area contributed by atoms with E-state index < -0.39 is 0 Å². The molecule has 1 heterocycles. The average Bonchev–Trinajstić information content (AvgIpc) is 2.95. The molecule has 0 radical (unpaired) electrons. The molecule has 0 aliphatic carbocycles. The maximum absolute atomic E-state index is 11.9. The minimum absolute atomic E-state index is 0.112. The van der Waals surface area contributed by atoms with Crippen molar-refractivity contribution in [3.05, 3.63) is 28.2 Å². The van der Waals surface area contributed by atoms with Gasteiger partial charge in [-0.2, -0.15) is 0 Å². The summed E-state index contributed by atoms with van der Waals surface area (Å²) in [5.41, 5.74) is 6.79. The second kappa shape index (κ2) is 6.74. The predicted octanol–water partition coefficient (Wildman–Crippen LogP) is 1.77. The van der Waals surface area contributed by atoms with Gasteiger partial charge in [0.1, 0.15) is 0 Å². The summed E-state index contributed by atoms with van der Waals surface area (Å²) in [6.45, 7) is 2.05. The quantitative estimate of drug-likeness (QED) is 0.821. The van der Waals surface area contributed by atoms with E-state index in [1.165, 1.54) is 0 Å². The third kappa shape index (κ3) is 3.72. The van der Waals surface area contributed by atoms with Crippen molar-refractivity contribution in [2.45, 2.75) is 19.3 Å². The van der Waals surface area contributed by atoms with Crippen LogP contribution in [0.15, 0.2) is 22.7 Å². The Labute approximate surface area is 126 Å². The predicted molar refractivity (Wildman–Crippen MR) is 81.3 cm³/mol. The van der Waals surface area contributed by atoms with E-state index in [4.69, 9.17) is 5.73 Å². The van der Waals surface area contributed by atoms with Crippen molar-refractivity contribution < 1.29 is 9.59 Å². The fourth-order valence-corrected chi connectivity index (χ4v) is 2.56. The molecule has 0 aromatic heterocycles. The number of nitrogens with one attached hydrogen (secondary N) is 1. The number of carbonyl (C=O) groups is 2. The maximum atomic E-state index is 11.9. The number of hydrogen-bond donors (Lipinski definition) is 2. The van der Waals surface area contributed by atoms with Crippen LogP contribution in [0.3, 0.4) is 0 Å². The van der Waals surface area contributed by atoms with Gasteiger partial charge in [-0.1, -0.05) is 0 Å². The number of benzene rings is 1. The Balaban J connectivity index is 1.79. The van der Waals surface area contributed by atoms with E-state index in [9.17, 15) is 9.59 Å². The fourth-order valence-electron chi connectivity index (χ4n) is 2.18. The summed E-state index contributed by atoms with van der Waals surface area (Å²) in [7, 11) is 0. The molecule has 108 valence electrons. The van der Waals surface area contributed by atoms with E-state index in [0.29, 0.717) is 28.7 Å². The molecule has 0 spiro atoms. The summed E-state index contributed by atoms with van der Waals surface area (Å²) in [4.78, 5) is 25.6. The second-order valence-corrected chi connectivity index (χ2v) is 5.68. The lowest BCUT2D eigenvalue weighted by molar-refractivity contribution is -0.129. The molecule has 1 saturated heterocycles. The van der Waals surface area contributed by atoms with Crippen molar-refractivity contribution in [1.82, 2.24) is 10.2 Å². The first-order valence-corrected chi connectivity index (χ1v) is 7.48. The van der Waals surface area contributed by atoms with Crippen molar-refractivity contribution in [3.63, 3.8) is 0 Å². The molecule has 2 rings (SSSR count). The molecule has 1 aliphatic heterocycles. The number of halogens is 1. The Kier molecular flexibility index (Phi) is 5.00. The molecular weight excluding hydrogens is 322 g/mol. The summed E-state index contributed by atoms with van der Waals surface area (Å²) in [6.07, 6.45) is 2.51. The monoisotopic (exact) mass is 339 g/mol. The minimum atomic E-state index is -0.195. The summed E-state index contributed by atoms with van der Waals surface area (Å²) in [6, 6.07) is 5.01. The molecule has 0 bridgehead atoms. The van der Waals surface area contributed by atoms with E-state index in [1.807, 2.05) is 4.90 Å². The van der Waals surface area contributed by atoms with Crippen LogP contribution in [-0.2, 0) is 4.79 Å². The van der Waals surface area contributed by atoms with Crippen LogP contribution in [0, 0.1) is 0 Å². The number of nitrogens with zero attached hydrogens (tertiary/aromatic N) is 1. The van der Waals surface area contributed by atoms with Crippen LogP contribution in [0.25, 0.3) is 0 Å². The highest BCUT2D eigenvalue weighted by Crippen LogP contribution is 2.20. The number of rotatable bonds is 4. The molecule has 1 aromatic carbocycles. The van der Waals surface area contributed by atoms with Crippen LogP contribution >= 0.6 is 15.9 Å². The van der Waals surface area contributed by atoms with Gasteiger partial charge in [-0.3, -0.25) is 9.59 Å². The Morgan fingerprint density at radius 3 is 2.65 bits per heavy atom. The zero-order valence-corrected chi connectivity index (χ0v) is 12.8. The van der Waals surface area contributed by atoms with Gasteiger partial charge in [-0.25, -0.2) is 0 Å². The number of likely N-dealkylation sites (tertiary alicyclic amines) is 1. The molecule has 0 unspecified atom stereocenters. The first-order valence-electron chi connectivity index (χ1n) is 6.69. The molecule has 2 amide bonds. The molecule has 3 N–H and O–H groups in total. The normalized spacial score (nSPS) is 14.3. The van der Waals surface area contributed by atoms with Gasteiger partial charge >= 0.3 is 0 Å². The Hall–Kier alpha value is -1.56. The van der Waals surface area contributed by atoms with E-state index in [1.54, 1.807) is 18.2 Å². The maximum Gasteiger partial charge on any atom is 0.251 e. The average molecular weight is 340 g/mol. The van der Waals surface area contributed by atoms with E-state index in [2.05, 4.69) is 21.2 Å². The summed E-state index contributed by atoms with van der Waals surface area (Å²) in [5, 5.41) is 2.75. The number of carbonyl (C=O) groups excluding carboxylic acids is 2. The van der Waals surface area contributed by atoms with Crippen LogP contribution < -0.4 is 11.1 Å². The number of nitrogen functional groups attached to an aromatic ring is 1. The largest absolute Gasteiger partial charge is 0.398 e. The van der Waals surface area contributed by atoms with Crippen molar-refractivity contribution in [2.75, 3.05) is 25.4 Å². The van der Waals surface area contributed by atoms with Crippen molar-refractivity contribution >= 4 is 33.4 Å². The summed E-state index contributed by atoms with van der Waals surface area (Å²) in [5.74, 6) is -0.0822. The van der Waals surface area contributed by atoms with Crippen LogP contribution in [0.4, 0.5) is 5.69 Å². The molecular formula is C14H18BrN3O2. The van der Waals surface area contributed by atoms with Gasteiger partial charge in [-0.05, 0) is 47.0 Å². The minimum Gasteiger partial charge on any atom is -0.398 e. The smallest absolute Gasteiger partial charge is 0.251 e. The zero-order valence-electron chi connectivity index (χ0n) is 11.2. The second-order valence-electron chi connectivity index (χ2n) is 4.83. The number of amides is 2. The highest BCUT2D eigenvalue weighted by Gasteiger charge is 2.17. The van der Waals surface area contributed by atoms with Crippen LogP contribution in [-0.4, -0.2) is 36.3 Å². The van der Waals surface area contributed by atoms with Gasteiger partial charge in [0, 0.05) is 41.8 Å². The van der Waals surface area contributed by atoms with E-state index in [0.717, 1.165) is 25.9 Å². The lowest BCUT2D eigenvalue weighted by Gasteiger charge is -2.15. The van der Waals surface area contributed by atoms with E-state index >= 15 is 0 Å². The lowest BCUT2D eigenvalue weighted by atomic mass is 10.2. The van der Waals surface area contributed by atoms with Gasteiger partial charge in [-0.15, -0.1) is 0 Å². The zero-order chi connectivity index (χ0) is 14.5. The molecule has 1 aliphatic rings. The van der Waals surface area contributed by atoms with Gasteiger partial charge in [0.05, 0.1) is 0 Å². The first kappa shape index (κ1) is 14.8. The van der Waals surface area contributed by atoms with Gasteiger partial charge in [0.15, 0.2) is 0 Å². The highest BCUT2D eigenvalue weighted by molar-refractivity contribution is 9.10. The van der Waals surface area contributed by atoms with Crippen LogP contribution in [0.2, 0.25) is 0 Å². The molecule has 5 nitrogen and oxygen atoms in total. The first-order chi connectivity index (χ1) is 9.58. The molecule has 0 atom stereocenters. The molecule has 1 fully saturated rings. The topological polar surface area (TPSA) is 75.4 Å². The summed E-state index contributed by atoms with van der Waals surface area (Å²) < 4.78 is 0.693. The fraction of sp³-hybridized carbons (Fsp3) is 0.429. The molecule has 0 saturated carbocycles. The third-order valence-corrected chi connectivity index (χ3v) is 4.03. The lowest BCUT2D eigenvalue weighted by Crippen LogP contribution is -2.32. The molecule has 1 aromatic rings. The van der Waals surface area contributed by atoms with Gasteiger partial charge in [0.25, 0.3) is 5.91 Å². The third-order valence-electron chi connectivity index (χ3n) is 3.35. The number of anilines is 1. The number of hydrogen-bond acceptors (Lipinski definition) is 3. The SMILES string of the molecule is Nc1ccc(C(=O)NCCC(=O)N2CCCC2)cc1Br. The molecule has 6 heteroatoms. The Morgan fingerprint density at radius 1 is 1.30 bits per heavy atom.